The molecule has 0 aliphatic carbocycles. The van der Waals surface area contributed by atoms with Crippen molar-refractivity contribution in [2.24, 2.45) is 0 Å². The van der Waals surface area contributed by atoms with E-state index in [9.17, 15) is 4.79 Å². The number of carbonyl (C=O) groups is 1. The predicted molar refractivity (Wildman–Crippen MR) is 97.6 cm³/mol. The van der Waals surface area contributed by atoms with Crippen molar-refractivity contribution in [1.29, 1.82) is 0 Å². The number of amides is 1. The van der Waals surface area contributed by atoms with Gasteiger partial charge in [0.05, 0.1) is 27.8 Å². The Morgan fingerprint density at radius 2 is 1.56 bits per heavy atom. The van der Waals surface area contributed by atoms with Crippen LogP contribution in [0.2, 0.25) is 0 Å². The molecule has 0 heterocycles. The Morgan fingerprint density at radius 1 is 0.880 bits per heavy atom. The van der Waals surface area contributed by atoms with Crippen molar-refractivity contribution in [1.82, 2.24) is 5.32 Å². The Labute approximate surface area is 148 Å². The lowest BCUT2D eigenvalue weighted by Crippen LogP contribution is -2.26. The topological polar surface area (TPSA) is 56.8 Å². The van der Waals surface area contributed by atoms with Crippen molar-refractivity contribution >= 4 is 5.91 Å². The fourth-order valence-electron chi connectivity index (χ4n) is 2.55. The van der Waals surface area contributed by atoms with Crippen molar-refractivity contribution in [3.05, 3.63) is 53.6 Å². The number of hydrogen-bond acceptors (Lipinski definition) is 4. The van der Waals surface area contributed by atoms with E-state index >= 15 is 0 Å². The van der Waals surface area contributed by atoms with Crippen LogP contribution in [-0.2, 0) is 17.6 Å². The summed E-state index contributed by atoms with van der Waals surface area (Å²) in [6.07, 6.45) is 2.13. The van der Waals surface area contributed by atoms with Gasteiger partial charge in [0.1, 0.15) is 5.75 Å². The Bertz CT molecular complexity index is 683. The van der Waals surface area contributed by atoms with E-state index < -0.39 is 0 Å². The minimum Gasteiger partial charge on any atom is -0.497 e. The van der Waals surface area contributed by atoms with Gasteiger partial charge in [-0.15, -0.1) is 0 Å². The third kappa shape index (κ3) is 5.71. The molecule has 25 heavy (non-hydrogen) atoms. The molecule has 134 valence electrons. The van der Waals surface area contributed by atoms with Gasteiger partial charge < -0.3 is 19.5 Å². The monoisotopic (exact) mass is 343 g/mol. The van der Waals surface area contributed by atoms with Gasteiger partial charge in [0, 0.05) is 6.54 Å². The maximum Gasteiger partial charge on any atom is 0.224 e. The third-order valence-electron chi connectivity index (χ3n) is 3.94. The number of nitrogens with one attached hydrogen (secondary N) is 1. The molecular weight excluding hydrogens is 318 g/mol. The highest BCUT2D eigenvalue weighted by atomic mass is 16.5. The number of hydrogen-bond donors (Lipinski definition) is 1. The largest absolute Gasteiger partial charge is 0.497 e. The van der Waals surface area contributed by atoms with E-state index in [2.05, 4.69) is 5.32 Å². The van der Waals surface area contributed by atoms with Crippen molar-refractivity contribution in [3.8, 4) is 17.2 Å². The second-order valence-corrected chi connectivity index (χ2v) is 5.67. The molecule has 1 amide bonds. The van der Waals surface area contributed by atoms with Gasteiger partial charge in [-0.1, -0.05) is 18.2 Å². The first-order valence-corrected chi connectivity index (χ1v) is 8.26. The van der Waals surface area contributed by atoms with Crippen molar-refractivity contribution in [2.45, 2.75) is 19.3 Å². The summed E-state index contributed by atoms with van der Waals surface area (Å²) in [5, 5.41) is 2.95. The molecule has 5 nitrogen and oxygen atoms in total. The van der Waals surface area contributed by atoms with Crippen LogP contribution in [-0.4, -0.2) is 33.8 Å². The summed E-state index contributed by atoms with van der Waals surface area (Å²) >= 11 is 0. The first-order valence-electron chi connectivity index (χ1n) is 8.26. The summed E-state index contributed by atoms with van der Waals surface area (Å²) in [6, 6.07) is 13.5. The molecule has 0 aliphatic rings. The molecule has 2 aromatic carbocycles. The van der Waals surface area contributed by atoms with Crippen molar-refractivity contribution in [3.63, 3.8) is 0 Å². The van der Waals surface area contributed by atoms with Gasteiger partial charge >= 0.3 is 0 Å². The number of ether oxygens (including phenoxy) is 3. The van der Waals surface area contributed by atoms with Crippen LogP contribution in [0.4, 0.5) is 0 Å². The summed E-state index contributed by atoms with van der Waals surface area (Å²) in [6.45, 7) is 0.651. The molecule has 0 fully saturated rings. The first kappa shape index (κ1) is 18.6. The summed E-state index contributed by atoms with van der Waals surface area (Å²) in [4.78, 5) is 12.1. The molecular formula is C20H25NO4. The molecule has 1 N–H and O–H groups in total. The van der Waals surface area contributed by atoms with E-state index in [1.165, 1.54) is 5.56 Å². The molecule has 0 atom stereocenters. The normalized spacial score (nSPS) is 10.2. The average Bonchev–Trinajstić information content (AvgIpc) is 2.65. The SMILES string of the molecule is COc1ccc(CCCNC(=O)Cc2ccc(OC)c(OC)c2)cc1. The van der Waals surface area contributed by atoms with Crippen LogP contribution in [0.15, 0.2) is 42.5 Å². The summed E-state index contributed by atoms with van der Waals surface area (Å²) < 4.78 is 15.6. The summed E-state index contributed by atoms with van der Waals surface area (Å²) in [5.41, 5.74) is 2.13. The number of rotatable bonds is 9. The number of carbonyl (C=O) groups excluding carboxylic acids is 1. The minimum absolute atomic E-state index is 0.00181. The second kappa shape index (κ2) is 9.57. The van der Waals surface area contributed by atoms with Crippen LogP contribution in [0.5, 0.6) is 17.2 Å². The van der Waals surface area contributed by atoms with E-state index in [0.717, 1.165) is 24.2 Å². The molecule has 0 unspecified atom stereocenters. The van der Waals surface area contributed by atoms with Gasteiger partial charge in [0.15, 0.2) is 11.5 Å². The quantitative estimate of drug-likeness (QED) is 0.711. The Hall–Kier alpha value is -2.69. The van der Waals surface area contributed by atoms with Crippen molar-refractivity contribution < 1.29 is 19.0 Å². The molecule has 0 spiro atoms. The van der Waals surface area contributed by atoms with Crippen LogP contribution in [0.1, 0.15) is 17.5 Å². The first-order chi connectivity index (χ1) is 12.2. The molecule has 0 saturated heterocycles. The van der Waals surface area contributed by atoms with Crippen LogP contribution in [0.25, 0.3) is 0 Å². The highest BCUT2D eigenvalue weighted by molar-refractivity contribution is 5.78. The summed E-state index contributed by atoms with van der Waals surface area (Å²) in [5.74, 6) is 2.15. The third-order valence-corrected chi connectivity index (χ3v) is 3.94. The van der Waals surface area contributed by atoms with E-state index in [-0.39, 0.29) is 5.91 Å². The van der Waals surface area contributed by atoms with E-state index in [1.807, 2.05) is 42.5 Å². The molecule has 5 heteroatoms. The van der Waals surface area contributed by atoms with Crippen LogP contribution in [0.3, 0.4) is 0 Å². The fraction of sp³-hybridized carbons (Fsp3) is 0.350. The molecule has 0 radical (unpaired) electrons. The highest BCUT2D eigenvalue weighted by Gasteiger charge is 2.08. The number of benzene rings is 2. The number of methoxy groups -OCH3 is 3. The van der Waals surface area contributed by atoms with E-state index in [4.69, 9.17) is 14.2 Å². The zero-order valence-corrected chi connectivity index (χ0v) is 15.0. The number of aryl methyl sites for hydroxylation is 1. The lowest BCUT2D eigenvalue weighted by atomic mass is 10.1. The van der Waals surface area contributed by atoms with E-state index in [0.29, 0.717) is 24.5 Å². The highest BCUT2D eigenvalue weighted by Crippen LogP contribution is 2.27. The van der Waals surface area contributed by atoms with Gasteiger partial charge in [0.25, 0.3) is 0 Å². The molecule has 2 aromatic rings. The standard InChI is InChI=1S/C20H25NO4/c1-23-17-9-6-15(7-10-17)5-4-12-21-20(22)14-16-8-11-18(24-2)19(13-16)25-3/h6-11,13H,4-5,12,14H2,1-3H3,(H,21,22). The second-order valence-electron chi connectivity index (χ2n) is 5.67. The zero-order valence-electron chi connectivity index (χ0n) is 15.0. The molecule has 0 saturated carbocycles. The maximum absolute atomic E-state index is 12.1. The van der Waals surface area contributed by atoms with Gasteiger partial charge in [-0.05, 0) is 48.2 Å². The minimum atomic E-state index is 0.00181. The van der Waals surface area contributed by atoms with Gasteiger partial charge in [-0.25, -0.2) is 0 Å². The fourth-order valence-corrected chi connectivity index (χ4v) is 2.55. The van der Waals surface area contributed by atoms with Crippen molar-refractivity contribution in [2.75, 3.05) is 27.9 Å². The smallest absolute Gasteiger partial charge is 0.224 e. The lowest BCUT2D eigenvalue weighted by molar-refractivity contribution is -0.120. The lowest BCUT2D eigenvalue weighted by Gasteiger charge is -2.10. The Morgan fingerprint density at radius 3 is 2.20 bits per heavy atom. The van der Waals surface area contributed by atoms with Crippen LogP contribution in [0, 0.1) is 0 Å². The Balaban J connectivity index is 1.75. The predicted octanol–water partition coefficient (Wildman–Crippen LogP) is 3.00. The van der Waals surface area contributed by atoms with Gasteiger partial charge in [0.2, 0.25) is 5.91 Å². The average molecular weight is 343 g/mol. The van der Waals surface area contributed by atoms with E-state index in [1.54, 1.807) is 21.3 Å². The van der Waals surface area contributed by atoms with Crippen LogP contribution >= 0.6 is 0 Å². The maximum atomic E-state index is 12.1. The van der Waals surface area contributed by atoms with Gasteiger partial charge in [-0.3, -0.25) is 4.79 Å². The molecule has 0 aromatic heterocycles. The summed E-state index contributed by atoms with van der Waals surface area (Å²) in [7, 11) is 4.83. The Kier molecular flexibility index (Phi) is 7.14. The molecule has 0 bridgehead atoms. The van der Waals surface area contributed by atoms with Crippen LogP contribution < -0.4 is 19.5 Å². The van der Waals surface area contributed by atoms with Gasteiger partial charge in [-0.2, -0.15) is 0 Å². The molecule has 2 rings (SSSR count). The molecule has 0 aliphatic heterocycles. The zero-order chi connectivity index (χ0) is 18.1.